The summed E-state index contributed by atoms with van der Waals surface area (Å²) >= 11 is 0. The Hall–Kier alpha value is -3.03. The molecule has 0 saturated carbocycles. The minimum absolute atomic E-state index is 0.191. The van der Waals surface area contributed by atoms with Crippen molar-refractivity contribution < 1.29 is 19.1 Å². The summed E-state index contributed by atoms with van der Waals surface area (Å²) in [7, 11) is 1.54. The molecule has 2 aromatic rings. The lowest BCUT2D eigenvalue weighted by Gasteiger charge is -2.30. The molecule has 2 aromatic carbocycles. The van der Waals surface area contributed by atoms with Gasteiger partial charge in [-0.25, -0.2) is 0 Å². The topological polar surface area (TPSA) is 87.7 Å². The van der Waals surface area contributed by atoms with Crippen LogP contribution in [0.25, 0.3) is 0 Å². The fourth-order valence-electron chi connectivity index (χ4n) is 5.76. The molecular formula is C25H27N3O4. The first-order valence-corrected chi connectivity index (χ1v) is 11.0. The standard InChI is InChI=1S/C25H27N3O4/c1-14-11-15(2)21-17(12-14)25(24(31)26-21)20-19(22(29)28(23(20)30)9-10-32-3)18(27-25)13-16-7-5-4-6-8-16/h4-8,11-12,18-20,27H,9-10,13H2,1-3H3,(H,26,31). The van der Waals surface area contributed by atoms with Crippen molar-refractivity contribution in [1.82, 2.24) is 10.2 Å². The van der Waals surface area contributed by atoms with E-state index in [1.165, 1.54) is 4.90 Å². The Morgan fingerprint density at radius 2 is 1.81 bits per heavy atom. The van der Waals surface area contributed by atoms with Crippen molar-refractivity contribution in [2.75, 3.05) is 25.6 Å². The quantitative estimate of drug-likeness (QED) is 0.704. The predicted octanol–water partition coefficient (Wildman–Crippen LogP) is 1.91. The zero-order valence-electron chi connectivity index (χ0n) is 18.5. The molecule has 7 heteroatoms. The van der Waals surface area contributed by atoms with Crippen LogP contribution in [-0.4, -0.2) is 48.9 Å². The van der Waals surface area contributed by atoms with Crippen LogP contribution in [0, 0.1) is 25.7 Å². The number of ether oxygens (including phenoxy) is 1. The molecule has 3 heterocycles. The van der Waals surface area contributed by atoms with Crippen LogP contribution in [0.5, 0.6) is 0 Å². The smallest absolute Gasteiger partial charge is 0.250 e. The third-order valence-electron chi connectivity index (χ3n) is 7.07. The number of anilines is 1. The zero-order chi connectivity index (χ0) is 22.6. The highest BCUT2D eigenvalue weighted by molar-refractivity contribution is 6.15. The van der Waals surface area contributed by atoms with Gasteiger partial charge >= 0.3 is 0 Å². The Morgan fingerprint density at radius 1 is 1.06 bits per heavy atom. The van der Waals surface area contributed by atoms with Gasteiger partial charge in [-0.3, -0.25) is 24.6 Å². The Balaban J connectivity index is 1.64. The SMILES string of the molecule is COCCN1C(=O)C2C(Cc3ccccc3)NC3(C(=O)Nc4c(C)cc(C)cc43)C2C1=O. The molecule has 1 spiro atoms. The lowest BCUT2D eigenvalue weighted by Crippen LogP contribution is -2.53. The minimum Gasteiger partial charge on any atom is -0.383 e. The number of nitrogens with zero attached hydrogens (tertiary/aromatic N) is 1. The molecule has 4 unspecified atom stereocenters. The lowest BCUT2D eigenvalue weighted by atomic mass is 9.75. The molecule has 32 heavy (non-hydrogen) atoms. The lowest BCUT2D eigenvalue weighted by molar-refractivity contribution is -0.143. The van der Waals surface area contributed by atoms with Crippen LogP contribution >= 0.6 is 0 Å². The number of methoxy groups -OCH3 is 1. The van der Waals surface area contributed by atoms with E-state index >= 15 is 0 Å². The Kier molecular flexibility index (Phi) is 4.91. The van der Waals surface area contributed by atoms with E-state index in [9.17, 15) is 14.4 Å². The van der Waals surface area contributed by atoms with Gasteiger partial charge in [-0.05, 0) is 31.4 Å². The van der Waals surface area contributed by atoms with Crippen LogP contribution < -0.4 is 10.6 Å². The molecule has 3 aliphatic heterocycles. The number of hydrogen-bond acceptors (Lipinski definition) is 5. The third-order valence-corrected chi connectivity index (χ3v) is 7.07. The summed E-state index contributed by atoms with van der Waals surface area (Å²) in [5, 5.41) is 6.51. The van der Waals surface area contributed by atoms with Crippen molar-refractivity contribution >= 4 is 23.4 Å². The van der Waals surface area contributed by atoms with Gasteiger partial charge in [0, 0.05) is 24.4 Å². The molecule has 2 fully saturated rings. The van der Waals surface area contributed by atoms with E-state index in [2.05, 4.69) is 10.6 Å². The summed E-state index contributed by atoms with van der Waals surface area (Å²) in [6.07, 6.45) is 0.550. The molecule has 0 aliphatic carbocycles. The van der Waals surface area contributed by atoms with Crippen molar-refractivity contribution in [2.45, 2.75) is 31.8 Å². The normalized spacial score (nSPS) is 28.4. The summed E-state index contributed by atoms with van der Waals surface area (Å²) < 4.78 is 5.13. The van der Waals surface area contributed by atoms with Crippen molar-refractivity contribution in [3.05, 3.63) is 64.7 Å². The van der Waals surface area contributed by atoms with E-state index in [4.69, 9.17) is 4.74 Å². The molecule has 3 aliphatic rings. The maximum Gasteiger partial charge on any atom is 0.250 e. The summed E-state index contributed by atoms with van der Waals surface area (Å²) in [5.74, 6) is -2.20. The van der Waals surface area contributed by atoms with Gasteiger partial charge in [-0.2, -0.15) is 0 Å². The van der Waals surface area contributed by atoms with Crippen molar-refractivity contribution in [1.29, 1.82) is 0 Å². The first-order valence-electron chi connectivity index (χ1n) is 11.0. The summed E-state index contributed by atoms with van der Waals surface area (Å²) in [4.78, 5) is 41.9. The maximum atomic E-state index is 13.6. The number of likely N-dealkylation sites (tertiary alicyclic amines) is 1. The van der Waals surface area contributed by atoms with Gasteiger partial charge in [0.05, 0.1) is 25.0 Å². The molecule has 2 N–H and O–H groups in total. The average molecular weight is 434 g/mol. The number of hydrogen-bond donors (Lipinski definition) is 2. The van der Waals surface area contributed by atoms with E-state index in [0.717, 1.165) is 27.9 Å². The predicted molar refractivity (Wildman–Crippen MR) is 119 cm³/mol. The van der Waals surface area contributed by atoms with E-state index in [-0.39, 0.29) is 36.9 Å². The van der Waals surface area contributed by atoms with Crippen LogP contribution in [0.3, 0.4) is 0 Å². The highest BCUT2D eigenvalue weighted by atomic mass is 16.5. The van der Waals surface area contributed by atoms with Gasteiger partial charge in [0.2, 0.25) is 17.7 Å². The van der Waals surface area contributed by atoms with Crippen molar-refractivity contribution in [2.24, 2.45) is 11.8 Å². The number of rotatable bonds is 5. The van der Waals surface area contributed by atoms with Gasteiger partial charge < -0.3 is 10.1 Å². The third kappa shape index (κ3) is 2.84. The van der Waals surface area contributed by atoms with Crippen LogP contribution in [-0.2, 0) is 31.1 Å². The van der Waals surface area contributed by atoms with Crippen molar-refractivity contribution in [3.8, 4) is 0 Å². The van der Waals surface area contributed by atoms with Gasteiger partial charge in [0.25, 0.3) is 0 Å². The molecular weight excluding hydrogens is 406 g/mol. The van der Waals surface area contributed by atoms with Gasteiger partial charge in [-0.15, -0.1) is 0 Å². The van der Waals surface area contributed by atoms with Crippen molar-refractivity contribution in [3.63, 3.8) is 0 Å². The highest BCUT2D eigenvalue weighted by Crippen LogP contribution is 2.54. The largest absolute Gasteiger partial charge is 0.383 e. The number of fused-ring (bicyclic) bond motifs is 4. The van der Waals surface area contributed by atoms with Gasteiger partial charge in [0.1, 0.15) is 5.54 Å². The first kappa shape index (κ1) is 20.8. The Labute approximate surface area is 187 Å². The average Bonchev–Trinajstić information content (AvgIpc) is 3.33. The molecule has 5 rings (SSSR count). The molecule has 0 radical (unpaired) electrons. The summed E-state index contributed by atoms with van der Waals surface area (Å²) in [6.45, 7) is 4.38. The van der Waals surface area contributed by atoms with Crippen LogP contribution in [0.1, 0.15) is 22.3 Å². The Bertz CT molecular complexity index is 1120. The van der Waals surface area contributed by atoms with Crippen LogP contribution in [0.2, 0.25) is 0 Å². The number of nitrogens with one attached hydrogen (secondary N) is 2. The van der Waals surface area contributed by atoms with E-state index in [1.807, 2.05) is 56.3 Å². The molecule has 166 valence electrons. The second-order valence-electron chi connectivity index (χ2n) is 9.03. The molecule has 0 bridgehead atoms. The molecule has 3 amide bonds. The highest BCUT2D eigenvalue weighted by Gasteiger charge is 2.70. The number of amides is 3. The van der Waals surface area contributed by atoms with Crippen LogP contribution in [0.4, 0.5) is 5.69 Å². The fourth-order valence-corrected chi connectivity index (χ4v) is 5.76. The Morgan fingerprint density at radius 3 is 2.53 bits per heavy atom. The maximum absolute atomic E-state index is 13.6. The zero-order valence-corrected chi connectivity index (χ0v) is 18.5. The molecule has 0 aromatic heterocycles. The molecule has 7 nitrogen and oxygen atoms in total. The summed E-state index contributed by atoms with van der Waals surface area (Å²) in [6, 6.07) is 13.5. The monoisotopic (exact) mass is 433 g/mol. The van der Waals surface area contributed by atoms with Crippen LogP contribution in [0.15, 0.2) is 42.5 Å². The van der Waals surface area contributed by atoms with Gasteiger partial charge in [-0.1, -0.05) is 48.0 Å². The number of imide groups is 1. The fraction of sp³-hybridized carbons (Fsp3) is 0.400. The van der Waals surface area contributed by atoms with E-state index in [0.29, 0.717) is 6.42 Å². The molecule has 4 atom stereocenters. The molecule has 2 saturated heterocycles. The van der Waals surface area contributed by atoms with Gasteiger partial charge in [0.15, 0.2) is 0 Å². The summed E-state index contributed by atoms with van der Waals surface area (Å²) in [5.41, 5.74) is 3.25. The number of aryl methyl sites for hydroxylation is 2. The second kappa shape index (κ2) is 7.53. The number of carbonyl (C=O) groups is 3. The van der Waals surface area contributed by atoms with E-state index < -0.39 is 17.4 Å². The minimum atomic E-state index is -1.26. The number of carbonyl (C=O) groups excluding carboxylic acids is 3. The van der Waals surface area contributed by atoms with E-state index in [1.54, 1.807) is 7.11 Å². The first-order chi connectivity index (χ1) is 15.4. The number of benzene rings is 2. The second-order valence-corrected chi connectivity index (χ2v) is 9.03.